The van der Waals surface area contributed by atoms with Crippen LogP contribution in [0.2, 0.25) is 0 Å². The third-order valence-corrected chi connectivity index (χ3v) is 2.48. The second-order valence-corrected chi connectivity index (χ2v) is 4.99. The highest BCUT2D eigenvalue weighted by Crippen LogP contribution is 2.30. The fourth-order valence-electron chi connectivity index (χ4n) is 1.12. The number of rotatable bonds is 3. The second kappa shape index (κ2) is 4.26. The molecule has 1 aliphatic rings. The van der Waals surface area contributed by atoms with Crippen molar-refractivity contribution >= 4 is 29.5 Å². The minimum absolute atomic E-state index is 0. The van der Waals surface area contributed by atoms with Crippen LogP contribution in [0.1, 0.15) is 13.8 Å². The molecule has 1 fully saturated rings. The molecule has 3 N–H and O–H groups in total. The molecule has 0 spiro atoms. The van der Waals surface area contributed by atoms with Crippen molar-refractivity contribution in [2.24, 2.45) is 5.73 Å². The van der Waals surface area contributed by atoms with Crippen molar-refractivity contribution < 1.29 is 22.6 Å². The minimum Gasteiger partial charge on any atom is -0.318 e. The lowest BCUT2D eigenvalue weighted by Gasteiger charge is -2.50. The van der Waals surface area contributed by atoms with E-state index in [1.165, 1.54) is 0 Å². The number of carbonyl (C=O) groups is 1. The van der Waals surface area contributed by atoms with Crippen LogP contribution in [0.15, 0.2) is 0 Å². The van der Waals surface area contributed by atoms with Crippen molar-refractivity contribution in [3.8, 4) is 0 Å². The summed E-state index contributed by atoms with van der Waals surface area (Å²) in [4.78, 5) is 15.7. The number of hydrogen-bond donors (Lipinski definition) is 2. The van der Waals surface area contributed by atoms with E-state index < -0.39 is 33.5 Å². The van der Waals surface area contributed by atoms with Crippen LogP contribution in [0.25, 0.3) is 0 Å². The van der Waals surface area contributed by atoms with Crippen LogP contribution in [0.4, 0.5) is 0 Å². The molecule has 0 aromatic rings. The molecule has 7 nitrogen and oxygen atoms in total. The second-order valence-electron chi connectivity index (χ2n) is 3.59. The van der Waals surface area contributed by atoms with Gasteiger partial charge in [0.05, 0.1) is 5.54 Å². The maximum absolute atomic E-state index is 11.1. The van der Waals surface area contributed by atoms with E-state index in [9.17, 15) is 13.2 Å². The van der Waals surface area contributed by atoms with E-state index in [2.05, 4.69) is 4.84 Å². The van der Waals surface area contributed by atoms with Gasteiger partial charge in [0, 0.05) is 0 Å². The van der Waals surface area contributed by atoms with Crippen LogP contribution in [-0.4, -0.2) is 41.5 Å². The fourth-order valence-corrected chi connectivity index (χ4v) is 1.36. The number of hydrogen-bond acceptors (Lipinski definition) is 5. The Kier molecular flexibility index (Phi) is 4.16. The lowest BCUT2D eigenvalue weighted by molar-refractivity contribution is -0.246. The maximum atomic E-state index is 11.1. The van der Waals surface area contributed by atoms with E-state index in [0.717, 1.165) is 5.06 Å². The van der Waals surface area contributed by atoms with Crippen molar-refractivity contribution in [3.05, 3.63) is 0 Å². The van der Waals surface area contributed by atoms with Gasteiger partial charge in [-0.15, -0.1) is 0 Å². The quantitative estimate of drug-likeness (QED) is 0.487. The minimum atomic E-state index is -4.24. The van der Waals surface area contributed by atoms with Gasteiger partial charge in [-0.3, -0.25) is 14.2 Å². The highest BCUT2D eigenvalue weighted by Gasteiger charge is 2.53. The molecule has 1 rings (SSSR count). The average molecular weight is 258 g/mol. The van der Waals surface area contributed by atoms with Crippen LogP contribution < -0.4 is 5.73 Å². The van der Waals surface area contributed by atoms with Crippen molar-refractivity contribution in [2.45, 2.75) is 25.4 Å². The summed E-state index contributed by atoms with van der Waals surface area (Å²) < 4.78 is 29.1. The van der Waals surface area contributed by atoms with Gasteiger partial charge in [0.25, 0.3) is 16.0 Å². The molecule has 15 heavy (non-hydrogen) atoms. The molecule has 0 radical (unpaired) electrons. The molecule has 0 aromatic heterocycles. The first-order chi connectivity index (χ1) is 6.16. The summed E-state index contributed by atoms with van der Waals surface area (Å²) in [7, 11) is -4.24. The zero-order valence-electron chi connectivity index (χ0n) is 8.30. The van der Waals surface area contributed by atoms with Gasteiger partial charge in [-0.25, -0.2) is 5.06 Å². The van der Waals surface area contributed by atoms with Gasteiger partial charge in [-0.2, -0.15) is 21.9 Å². The molecule has 1 heterocycles. The van der Waals surface area contributed by atoms with Gasteiger partial charge in [0.1, 0.15) is 6.04 Å². The summed E-state index contributed by atoms with van der Waals surface area (Å²) in [5.74, 6) is -1.45. The fraction of sp³-hybridized carbons (Fsp3) is 0.833. The maximum Gasteiger partial charge on any atom is 0.292 e. The lowest BCUT2D eigenvalue weighted by atomic mass is 9.85. The molecule has 90 valence electrons. The highest BCUT2D eigenvalue weighted by molar-refractivity contribution is 7.85. The Morgan fingerprint density at radius 2 is 2.07 bits per heavy atom. The third-order valence-electron chi connectivity index (χ3n) is 2.08. The van der Waals surface area contributed by atoms with Crippen LogP contribution in [0, 0.1) is 0 Å². The molecule has 1 atom stereocenters. The van der Waals surface area contributed by atoms with E-state index in [-0.39, 0.29) is 13.5 Å². The van der Waals surface area contributed by atoms with E-state index in [1.54, 1.807) is 13.8 Å². The van der Waals surface area contributed by atoms with Gasteiger partial charge in [0.15, 0.2) is 0 Å². The Hall–Kier alpha value is -0.350. The van der Waals surface area contributed by atoms with Gasteiger partial charge >= 0.3 is 0 Å². The molecule has 0 aromatic carbocycles. The molecular weight excluding hydrogens is 244 g/mol. The number of β-lactam (4-membered cyclic amide) rings is 1. The van der Waals surface area contributed by atoms with E-state index >= 15 is 0 Å². The Labute approximate surface area is 94.7 Å². The first kappa shape index (κ1) is 14.6. The van der Waals surface area contributed by atoms with Gasteiger partial charge < -0.3 is 5.73 Å². The average Bonchev–Trinajstić information content (AvgIpc) is 2.00. The van der Waals surface area contributed by atoms with Crippen LogP contribution in [0.5, 0.6) is 0 Å². The summed E-state index contributed by atoms with van der Waals surface area (Å²) >= 11 is 0. The van der Waals surface area contributed by atoms with Crippen molar-refractivity contribution in [2.75, 3.05) is 5.94 Å². The summed E-state index contributed by atoms with van der Waals surface area (Å²) in [6, 6.07) is -0.705. The molecule has 0 unspecified atom stereocenters. The molecule has 9 heteroatoms. The summed E-state index contributed by atoms with van der Waals surface area (Å²) in [5, 5.41) is 0.853. The van der Waals surface area contributed by atoms with Gasteiger partial charge in [-0.05, 0) is 13.8 Å². The molecule has 1 aliphatic heterocycles. The number of amides is 1. The van der Waals surface area contributed by atoms with Crippen molar-refractivity contribution in [1.82, 2.24) is 5.06 Å². The smallest absolute Gasteiger partial charge is 0.292 e. The zero-order valence-corrected chi connectivity index (χ0v) is 10.1. The Balaban J connectivity index is 0.00000196. The number of carbonyl (C=O) groups excluding carboxylic acids is 1. The van der Waals surface area contributed by atoms with Crippen LogP contribution >= 0.6 is 13.5 Å². The molecule has 0 bridgehead atoms. The molecular formula is C6H14N2O5S2. The number of hydroxylamine groups is 2. The lowest BCUT2D eigenvalue weighted by Crippen LogP contribution is -2.74. The summed E-state index contributed by atoms with van der Waals surface area (Å²) in [6.45, 7) is 3.26. The predicted molar refractivity (Wildman–Crippen MR) is 56.8 cm³/mol. The number of nitrogens with two attached hydrogens (primary N) is 1. The topological polar surface area (TPSA) is 110 Å². The number of nitrogens with zero attached hydrogens (tertiary/aromatic N) is 1. The monoisotopic (exact) mass is 258 g/mol. The third kappa shape index (κ3) is 2.82. The normalized spacial score (nSPS) is 24.4. The van der Waals surface area contributed by atoms with Gasteiger partial charge in [-0.1, -0.05) is 0 Å². The van der Waals surface area contributed by atoms with Crippen LogP contribution in [0.3, 0.4) is 0 Å². The van der Waals surface area contributed by atoms with Gasteiger partial charge in [0.2, 0.25) is 5.94 Å². The standard InChI is InChI=1S/C6H12N2O5S.H2S/c1-6(2)4(7)5(9)8(6)13-3-14(10,11)12;/h4H,3,7H2,1-2H3,(H,10,11,12);1H2/t4-;/m1./s1. The van der Waals surface area contributed by atoms with Crippen molar-refractivity contribution in [1.29, 1.82) is 0 Å². The highest BCUT2D eigenvalue weighted by atomic mass is 32.2. The molecule has 1 amide bonds. The van der Waals surface area contributed by atoms with E-state index in [4.69, 9.17) is 10.3 Å². The van der Waals surface area contributed by atoms with Crippen LogP contribution in [-0.2, 0) is 19.8 Å². The first-order valence-electron chi connectivity index (χ1n) is 3.84. The van der Waals surface area contributed by atoms with Crippen molar-refractivity contribution in [3.63, 3.8) is 0 Å². The molecule has 0 aliphatic carbocycles. The largest absolute Gasteiger partial charge is 0.318 e. The first-order valence-corrected chi connectivity index (χ1v) is 5.45. The summed E-state index contributed by atoms with van der Waals surface area (Å²) in [5.41, 5.74) is 4.70. The summed E-state index contributed by atoms with van der Waals surface area (Å²) in [6.07, 6.45) is 0. The predicted octanol–water partition coefficient (Wildman–Crippen LogP) is -1.18. The Morgan fingerprint density at radius 1 is 1.60 bits per heavy atom. The molecule has 0 saturated carbocycles. The molecule has 1 saturated heterocycles. The zero-order chi connectivity index (χ0) is 11.1. The van der Waals surface area contributed by atoms with E-state index in [1.807, 2.05) is 0 Å². The Bertz CT molecular complexity index is 353. The van der Waals surface area contributed by atoms with E-state index in [0.29, 0.717) is 0 Å². The SMILES string of the molecule is CC1(C)[C@H](N)C(=O)N1OCS(=O)(=O)O.S. The Morgan fingerprint density at radius 3 is 2.40 bits per heavy atom.